The molecule has 0 radical (unpaired) electrons. The van der Waals surface area contributed by atoms with Gasteiger partial charge in [0.05, 0.1) is 17.9 Å². The summed E-state index contributed by atoms with van der Waals surface area (Å²) in [5.74, 6) is 0.492. The molecule has 5 heteroatoms. The summed E-state index contributed by atoms with van der Waals surface area (Å²) in [6, 6.07) is 5.56. The molecule has 0 unspecified atom stereocenters. The molecule has 76 valence electrons. The second-order valence-electron chi connectivity index (χ2n) is 2.99. The molecule has 2 rings (SSSR count). The number of hydrogen-bond acceptors (Lipinski definition) is 5. The maximum atomic E-state index is 5.68. The van der Waals surface area contributed by atoms with Gasteiger partial charge in [0, 0.05) is 12.4 Å². The monoisotopic (exact) mass is 201 g/mol. The SMILES string of the molecule is Nc1ncccc1NCc1ccncn1. The Labute approximate surface area is 87.4 Å². The molecule has 0 atom stereocenters. The molecule has 3 N–H and O–H groups in total. The smallest absolute Gasteiger partial charge is 0.146 e. The van der Waals surface area contributed by atoms with E-state index in [2.05, 4.69) is 20.3 Å². The van der Waals surface area contributed by atoms with Gasteiger partial charge in [0.1, 0.15) is 12.1 Å². The van der Waals surface area contributed by atoms with Crippen LogP contribution >= 0.6 is 0 Å². The molecular weight excluding hydrogens is 190 g/mol. The maximum absolute atomic E-state index is 5.68. The van der Waals surface area contributed by atoms with Crippen LogP contribution in [0.1, 0.15) is 5.69 Å². The highest BCUT2D eigenvalue weighted by Crippen LogP contribution is 2.13. The molecule has 2 heterocycles. The van der Waals surface area contributed by atoms with Crippen LogP contribution in [0.15, 0.2) is 36.9 Å². The van der Waals surface area contributed by atoms with Gasteiger partial charge in [-0.3, -0.25) is 0 Å². The summed E-state index contributed by atoms with van der Waals surface area (Å²) in [4.78, 5) is 11.9. The second-order valence-corrected chi connectivity index (χ2v) is 2.99. The van der Waals surface area contributed by atoms with Crippen molar-refractivity contribution in [3.63, 3.8) is 0 Å². The van der Waals surface area contributed by atoms with Crippen LogP contribution in [0.2, 0.25) is 0 Å². The normalized spacial score (nSPS) is 9.87. The van der Waals surface area contributed by atoms with Gasteiger partial charge in [-0.25, -0.2) is 15.0 Å². The van der Waals surface area contributed by atoms with Crippen LogP contribution in [0.3, 0.4) is 0 Å². The van der Waals surface area contributed by atoms with Gasteiger partial charge in [-0.1, -0.05) is 0 Å². The molecule has 0 fully saturated rings. The number of rotatable bonds is 3. The van der Waals surface area contributed by atoms with Crippen LogP contribution in [-0.4, -0.2) is 15.0 Å². The van der Waals surface area contributed by atoms with Gasteiger partial charge >= 0.3 is 0 Å². The molecule has 0 aromatic carbocycles. The second kappa shape index (κ2) is 4.36. The van der Waals surface area contributed by atoms with Gasteiger partial charge in [-0.15, -0.1) is 0 Å². The fourth-order valence-electron chi connectivity index (χ4n) is 1.18. The highest BCUT2D eigenvalue weighted by atomic mass is 15.0. The van der Waals surface area contributed by atoms with Crippen molar-refractivity contribution < 1.29 is 0 Å². The van der Waals surface area contributed by atoms with E-state index >= 15 is 0 Å². The third-order valence-electron chi connectivity index (χ3n) is 1.94. The summed E-state index contributed by atoms with van der Waals surface area (Å²) in [7, 11) is 0. The van der Waals surface area contributed by atoms with E-state index in [1.165, 1.54) is 6.33 Å². The third-order valence-corrected chi connectivity index (χ3v) is 1.94. The number of anilines is 2. The van der Waals surface area contributed by atoms with Crippen molar-refractivity contribution in [3.8, 4) is 0 Å². The van der Waals surface area contributed by atoms with Crippen molar-refractivity contribution in [2.45, 2.75) is 6.54 Å². The van der Waals surface area contributed by atoms with E-state index < -0.39 is 0 Å². The van der Waals surface area contributed by atoms with Crippen LogP contribution in [-0.2, 0) is 6.54 Å². The predicted octanol–water partition coefficient (Wildman–Crippen LogP) is 1.07. The average molecular weight is 201 g/mol. The van der Waals surface area contributed by atoms with Crippen LogP contribution in [0.25, 0.3) is 0 Å². The highest BCUT2D eigenvalue weighted by molar-refractivity contribution is 5.60. The number of nitrogen functional groups attached to an aromatic ring is 1. The van der Waals surface area contributed by atoms with Gasteiger partial charge < -0.3 is 11.1 Å². The minimum absolute atomic E-state index is 0.492. The largest absolute Gasteiger partial charge is 0.382 e. The summed E-state index contributed by atoms with van der Waals surface area (Å²) in [6.45, 7) is 0.610. The molecule has 15 heavy (non-hydrogen) atoms. The minimum Gasteiger partial charge on any atom is -0.382 e. The Morgan fingerprint density at radius 2 is 2.13 bits per heavy atom. The molecule has 0 bridgehead atoms. The first-order valence-corrected chi connectivity index (χ1v) is 4.55. The van der Waals surface area contributed by atoms with Crippen LogP contribution in [0.5, 0.6) is 0 Å². The zero-order chi connectivity index (χ0) is 10.5. The number of nitrogens with zero attached hydrogens (tertiary/aromatic N) is 3. The van der Waals surface area contributed by atoms with Gasteiger partial charge in [-0.2, -0.15) is 0 Å². The highest BCUT2D eigenvalue weighted by Gasteiger charge is 1.98. The molecule has 2 aromatic heterocycles. The summed E-state index contributed by atoms with van der Waals surface area (Å²) >= 11 is 0. The molecule has 0 aliphatic carbocycles. The lowest BCUT2D eigenvalue weighted by Crippen LogP contribution is -2.04. The number of hydrogen-bond donors (Lipinski definition) is 2. The standard InChI is InChI=1S/C10H11N5/c11-10-9(2-1-4-13-10)14-6-8-3-5-12-7-15-8/h1-5,7,14H,6H2,(H2,11,13). The fraction of sp³-hybridized carbons (Fsp3) is 0.100. The van der Waals surface area contributed by atoms with Gasteiger partial charge in [-0.05, 0) is 18.2 Å². The summed E-state index contributed by atoms with van der Waals surface area (Å²) in [6.07, 6.45) is 4.88. The maximum Gasteiger partial charge on any atom is 0.146 e. The summed E-state index contributed by atoms with van der Waals surface area (Å²) in [5, 5.41) is 3.15. The Bertz CT molecular complexity index is 429. The molecule has 5 nitrogen and oxygen atoms in total. The molecule has 0 amide bonds. The topological polar surface area (TPSA) is 76.7 Å². The van der Waals surface area contributed by atoms with E-state index in [0.29, 0.717) is 12.4 Å². The Kier molecular flexibility index (Phi) is 2.73. The Morgan fingerprint density at radius 3 is 2.87 bits per heavy atom. The summed E-state index contributed by atoms with van der Waals surface area (Å²) < 4.78 is 0. The lowest BCUT2D eigenvalue weighted by Gasteiger charge is -2.06. The van der Waals surface area contributed by atoms with Crippen molar-refractivity contribution in [1.82, 2.24) is 15.0 Å². The average Bonchev–Trinajstić information content (AvgIpc) is 2.29. The molecule has 0 saturated heterocycles. The molecular formula is C10H11N5. The molecule has 0 spiro atoms. The van der Waals surface area contributed by atoms with E-state index in [9.17, 15) is 0 Å². The first-order valence-electron chi connectivity index (χ1n) is 4.55. The fourth-order valence-corrected chi connectivity index (χ4v) is 1.18. The summed E-state index contributed by atoms with van der Waals surface area (Å²) in [5.41, 5.74) is 7.40. The molecule has 0 saturated carbocycles. The molecule has 2 aromatic rings. The van der Waals surface area contributed by atoms with Gasteiger partial charge in [0.25, 0.3) is 0 Å². The van der Waals surface area contributed by atoms with E-state index in [-0.39, 0.29) is 0 Å². The van der Waals surface area contributed by atoms with Crippen molar-refractivity contribution in [2.75, 3.05) is 11.1 Å². The van der Waals surface area contributed by atoms with Crippen molar-refractivity contribution >= 4 is 11.5 Å². The number of pyridine rings is 1. The molecule has 0 aliphatic heterocycles. The minimum atomic E-state index is 0.492. The Balaban J connectivity index is 2.03. The van der Waals surface area contributed by atoms with Gasteiger partial charge in [0.15, 0.2) is 0 Å². The van der Waals surface area contributed by atoms with E-state index in [0.717, 1.165) is 11.4 Å². The lowest BCUT2D eigenvalue weighted by atomic mass is 10.3. The predicted molar refractivity (Wildman–Crippen MR) is 58.0 cm³/mol. The van der Waals surface area contributed by atoms with E-state index in [4.69, 9.17) is 5.73 Å². The number of aromatic nitrogens is 3. The lowest BCUT2D eigenvalue weighted by molar-refractivity contribution is 1.01. The number of nitrogens with one attached hydrogen (secondary N) is 1. The quantitative estimate of drug-likeness (QED) is 0.776. The number of nitrogens with two attached hydrogens (primary N) is 1. The van der Waals surface area contributed by atoms with Crippen molar-refractivity contribution in [2.24, 2.45) is 0 Å². The first kappa shape index (κ1) is 9.39. The third kappa shape index (κ3) is 2.40. The zero-order valence-corrected chi connectivity index (χ0v) is 8.09. The zero-order valence-electron chi connectivity index (χ0n) is 8.09. The van der Waals surface area contributed by atoms with Gasteiger partial charge in [0.2, 0.25) is 0 Å². The van der Waals surface area contributed by atoms with Crippen LogP contribution in [0, 0.1) is 0 Å². The van der Waals surface area contributed by atoms with Crippen LogP contribution < -0.4 is 11.1 Å². The molecule has 0 aliphatic rings. The van der Waals surface area contributed by atoms with E-state index in [1.54, 1.807) is 12.4 Å². The van der Waals surface area contributed by atoms with E-state index in [1.807, 2.05) is 18.2 Å². The van der Waals surface area contributed by atoms with Crippen molar-refractivity contribution in [3.05, 3.63) is 42.6 Å². The Morgan fingerprint density at radius 1 is 1.20 bits per heavy atom. The van der Waals surface area contributed by atoms with Crippen molar-refractivity contribution in [1.29, 1.82) is 0 Å². The van der Waals surface area contributed by atoms with Crippen LogP contribution in [0.4, 0.5) is 11.5 Å². The first-order chi connectivity index (χ1) is 7.36. The Hall–Kier alpha value is -2.17.